The van der Waals surface area contributed by atoms with Gasteiger partial charge in [0.2, 0.25) is 11.8 Å². The van der Waals surface area contributed by atoms with Gasteiger partial charge in [0, 0.05) is 6.20 Å². The van der Waals surface area contributed by atoms with Gasteiger partial charge in [-0.2, -0.15) is 0 Å². The van der Waals surface area contributed by atoms with Crippen molar-refractivity contribution in [2.45, 2.75) is 0 Å². The number of carbonyl (C=O) groups is 3. The van der Waals surface area contributed by atoms with E-state index in [1.54, 1.807) is 0 Å². The van der Waals surface area contributed by atoms with Crippen molar-refractivity contribution in [3.8, 4) is 5.75 Å². The highest BCUT2D eigenvalue weighted by Gasteiger charge is 2.21. The molecule has 1 aromatic rings. The van der Waals surface area contributed by atoms with Crippen LogP contribution in [0.1, 0.15) is 10.4 Å². The van der Waals surface area contributed by atoms with Crippen LogP contribution in [0, 0.1) is 0 Å². The monoisotopic (exact) mass is 252 g/mol. The van der Waals surface area contributed by atoms with Crippen molar-refractivity contribution in [2.75, 3.05) is 13.1 Å². The highest BCUT2D eigenvalue weighted by Crippen LogP contribution is 2.16. The number of nitrogens with two attached hydrogens (primary N) is 2. The summed E-state index contributed by atoms with van der Waals surface area (Å²) < 4.78 is 0. The van der Waals surface area contributed by atoms with Crippen molar-refractivity contribution in [3.05, 3.63) is 24.0 Å². The van der Waals surface area contributed by atoms with Gasteiger partial charge in [-0.1, -0.05) is 0 Å². The van der Waals surface area contributed by atoms with Crippen LogP contribution in [0.2, 0.25) is 0 Å². The minimum Gasteiger partial charge on any atom is -0.505 e. The Morgan fingerprint density at radius 2 is 1.78 bits per heavy atom. The van der Waals surface area contributed by atoms with Crippen LogP contribution in [0.15, 0.2) is 18.5 Å². The summed E-state index contributed by atoms with van der Waals surface area (Å²) in [5.41, 5.74) is 9.84. The first-order valence-corrected chi connectivity index (χ1v) is 4.90. The molecule has 18 heavy (non-hydrogen) atoms. The third-order valence-electron chi connectivity index (χ3n) is 2.01. The molecule has 0 spiro atoms. The van der Waals surface area contributed by atoms with Gasteiger partial charge in [-0.05, 0) is 6.07 Å². The standard InChI is InChI=1S/C10H12N4O4/c11-8(16)4-14(5-9(12)17)10(18)6-1-2-13-3-7(6)15/h1-3,15H,4-5H2,(H2,11,16)(H2,12,17). The van der Waals surface area contributed by atoms with Crippen LogP contribution in [0.5, 0.6) is 5.75 Å². The van der Waals surface area contributed by atoms with Crippen LogP contribution in [0.4, 0.5) is 0 Å². The molecule has 1 heterocycles. The number of nitrogens with zero attached hydrogens (tertiary/aromatic N) is 2. The lowest BCUT2D eigenvalue weighted by molar-refractivity contribution is -0.121. The molecule has 0 aliphatic rings. The highest BCUT2D eigenvalue weighted by atomic mass is 16.3. The first-order valence-electron chi connectivity index (χ1n) is 4.90. The number of carbonyl (C=O) groups excluding carboxylic acids is 3. The number of pyridine rings is 1. The second-order valence-corrected chi connectivity index (χ2v) is 3.49. The Bertz CT molecular complexity index is 473. The first kappa shape index (κ1) is 13.4. The molecule has 0 atom stereocenters. The van der Waals surface area contributed by atoms with Gasteiger partial charge in [-0.15, -0.1) is 0 Å². The van der Waals surface area contributed by atoms with E-state index in [0.29, 0.717) is 0 Å². The zero-order chi connectivity index (χ0) is 13.7. The maximum atomic E-state index is 12.0. The molecule has 3 amide bonds. The summed E-state index contributed by atoms with van der Waals surface area (Å²) in [7, 11) is 0. The minimum absolute atomic E-state index is 0.0903. The van der Waals surface area contributed by atoms with Gasteiger partial charge in [0.25, 0.3) is 5.91 Å². The summed E-state index contributed by atoms with van der Waals surface area (Å²) >= 11 is 0. The van der Waals surface area contributed by atoms with Gasteiger partial charge in [-0.25, -0.2) is 0 Å². The lowest BCUT2D eigenvalue weighted by Gasteiger charge is -2.19. The van der Waals surface area contributed by atoms with E-state index in [1.165, 1.54) is 12.3 Å². The Kier molecular flexibility index (Phi) is 4.19. The number of hydrogen-bond acceptors (Lipinski definition) is 5. The van der Waals surface area contributed by atoms with E-state index in [4.69, 9.17) is 11.5 Å². The van der Waals surface area contributed by atoms with E-state index in [2.05, 4.69) is 4.98 Å². The molecule has 0 radical (unpaired) electrons. The maximum absolute atomic E-state index is 12.0. The van der Waals surface area contributed by atoms with E-state index in [0.717, 1.165) is 11.1 Å². The molecule has 0 aromatic carbocycles. The number of rotatable bonds is 5. The van der Waals surface area contributed by atoms with Gasteiger partial charge < -0.3 is 21.5 Å². The van der Waals surface area contributed by atoms with Crippen LogP contribution in [-0.4, -0.2) is 45.8 Å². The topological polar surface area (TPSA) is 140 Å². The molecule has 96 valence electrons. The van der Waals surface area contributed by atoms with Crippen molar-refractivity contribution in [1.29, 1.82) is 0 Å². The number of primary amides is 2. The predicted molar refractivity (Wildman–Crippen MR) is 60.2 cm³/mol. The minimum atomic E-state index is -0.793. The molecule has 5 N–H and O–H groups in total. The third kappa shape index (κ3) is 3.44. The van der Waals surface area contributed by atoms with Crippen molar-refractivity contribution >= 4 is 17.7 Å². The Morgan fingerprint density at radius 1 is 1.22 bits per heavy atom. The van der Waals surface area contributed by atoms with E-state index < -0.39 is 30.8 Å². The first-order chi connectivity index (χ1) is 8.41. The molecule has 0 unspecified atom stereocenters. The molecule has 8 heteroatoms. The number of aromatic hydroxyl groups is 1. The summed E-state index contributed by atoms with van der Waals surface area (Å²) in [5, 5.41) is 9.46. The second kappa shape index (κ2) is 5.62. The van der Waals surface area contributed by atoms with Crippen molar-refractivity contribution in [2.24, 2.45) is 11.5 Å². The summed E-state index contributed by atoms with van der Waals surface area (Å²) in [5.74, 6) is -2.68. The van der Waals surface area contributed by atoms with Gasteiger partial charge in [0.05, 0.1) is 11.8 Å². The molecule has 0 aliphatic heterocycles. The average molecular weight is 252 g/mol. The second-order valence-electron chi connectivity index (χ2n) is 3.49. The normalized spacial score (nSPS) is 9.78. The molecular formula is C10H12N4O4. The highest BCUT2D eigenvalue weighted by molar-refractivity contribution is 6.00. The molecule has 0 bridgehead atoms. The van der Waals surface area contributed by atoms with E-state index in [1.807, 2.05) is 0 Å². The lowest BCUT2D eigenvalue weighted by Crippen LogP contribution is -2.43. The quantitative estimate of drug-likeness (QED) is 0.567. The molecule has 1 aromatic heterocycles. The molecule has 0 fully saturated rings. The summed E-state index contributed by atoms with van der Waals surface area (Å²) in [4.78, 5) is 38.0. The van der Waals surface area contributed by atoms with Crippen LogP contribution in [0.3, 0.4) is 0 Å². The fraction of sp³-hybridized carbons (Fsp3) is 0.200. The zero-order valence-corrected chi connectivity index (χ0v) is 9.37. The largest absolute Gasteiger partial charge is 0.505 e. The van der Waals surface area contributed by atoms with Gasteiger partial charge in [0.1, 0.15) is 18.8 Å². The maximum Gasteiger partial charge on any atom is 0.258 e. The Morgan fingerprint density at radius 3 is 2.22 bits per heavy atom. The van der Waals surface area contributed by atoms with Gasteiger partial charge in [0.15, 0.2) is 0 Å². The van der Waals surface area contributed by atoms with Crippen LogP contribution in [-0.2, 0) is 9.59 Å². The van der Waals surface area contributed by atoms with Crippen molar-refractivity contribution in [1.82, 2.24) is 9.88 Å². The van der Waals surface area contributed by atoms with E-state index in [9.17, 15) is 19.5 Å². The van der Waals surface area contributed by atoms with E-state index in [-0.39, 0.29) is 11.3 Å². The summed E-state index contributed by atoms with van der Waals surface area (Å²) in [6.07, 6.45) is 2.36. The third-order valence-corrected chi connectivity index (χ3v) is 2.01. The molecule has 1 rings (SSSR count). The van der Waals surface area contributed by atoms with Crippen LogP contribution < -0.4 is 11.5 Å². The Labute approximate surface area is 102 Å². The van der Waals surface area contributed by atoms with Crippen LogP contribution in [0.25, 0.3) is 0 Å². The predicted octanol–water partition coefficient (Wildman–Crippen LogP) is -1.80. The molecule has 0 aliphatic carbocycles. The Balaban J connectivity index is 2.98. The fourth-order valence-corrected chi connectivity index (χ4v) is 1.31. The number of aromatic nitrogens is 1. The average Bonchev–Trinajstić information content (AvgIpc) is 2.26. The van der Waals surface area contributed by atoms with Crippen molar-refractivity contribution in [3.63, 3.8) is 0 Å². The Hall–Kier alpha value is -2.64. The summed E-state index contributed by atoms with van der Waals surface area (Å²) in [6.45, 7) is -0.937. The van der Waals surface area contributed by atoms with E-state index >= 15 is 0 Å². The summed E-state index contributed by atoms with van der Waals surface area (Å²) in [6, 6.07) is 1.26. The zero-order valence-electron chi connectivity index (χ0n) is 9.37. The molecule has 0 saturated carbocycles. The molecular weight excluding hydrogens is 240 g/mol. The molecule has 0 saturated heterocycles. The van der Waals surface area contributed by atoms with Crippen LogP contribution >= 0.6 is 0 Å². The SMILES string of the molecule is NC(=O)CN(CC(N)=O)C(=O)c1ccncc1O. The van der Waals surface area contributed by atoms with Crippen molar-refractivity contribution < 1.29 is 19.5 Å². The number of amides is 3. The van der Waals surface area contributed by atoms with Gasteiger partial charge >= 0.3 is 0 Å². The fourth-order valence-electron chi connectivity index (χ4n) is 1.31. The number of hydrogen-bond donors (Lipinski definition) is 3. The van der Waals surface area contributed by atoms with Gasteiger partial charge in [-0.3, -0.25) is 19.4 Å². The molecule has 8 nitrogen and oxygen atoms in total. The lowest BCUT2D eigenvalue weighted by atomic mass is 10.2. The smallest absolute Gasteiger partial charge is 0.258 e.